The SMILES string of the molecule is Cc1ccc([N+](=O)[O-])cc1NC(=O)C[C@H](NCCCN)C(=O)O. The third-order valence-electron chi connectivity index (χ3n) is 3.17. The summed E-state index contributed by atoms with van der Waals surface area (Å²) in [5, 5.41) is 25.1. The van der Waals surface area contributed by atoms with E-state index in [0.717, 1.165) is 0 Å². The number of nitrogens with two attached hydrogens (primary N) is 1. The normalized spacial score (nSPS) is 11.7. The highest BCUT2D eigenvalue weighted by molar-refractivity contribution is 5.94. The summed E-state index contributed by atoms with van der Waals surface area (Å²) in [7, 11) is 0. The van der Waals surface area contributed by atoms with Crippen LogP contribution in [0.3, 0.4) is 0 Å². The highest BCUT2D eigenvalue weighted by Crippen LogP contribution is 2.22. The van der Waals surface area contributed by atoms with Crippen molar-refractivity contribution in [2.24, 2.45) is 5.73 Å². The topological polar surface area (TPSA) is 148 Å². The number of anilines is 1. The predicted octanol–water partition coefficient (Wildman–Crippen LogP) is 0.623. The summed E-state index contributed by atoms with van der Waals surface area (Å²) < 4.78 is 0. The second kappa shape index (κ2) is 8.81. The number of rotatable bonds is 9. The molecule has 126 valence electrons. The Morgan fingerprint density at radius 2 is 2.13 bits per heavy atom. The fourth-order valence-electron chi connectivity index (χ4n) is 1.87. The molecule has 1 aromatic carbocycles. The number of hydrogen-bond donors (Lipinski definition) is 4. The van der Waals surface area contributed by atoms with Crippen LogP contribution in [0.1, 0.15) is 18.4 Å². The first kappa shape index (κ1) is 18.5. The number of aliphatic carboxylic acids is 1. The lowest BCUT2D eigenvalue weighted by Crippen LogP contribution is -2.40. The number of nitro benzene ring substituents is 1. The van der Waals surface area contributed by atoms with Gasteiger partial charge >= 0.3 is 5.97 Å². The standard InChI is InChI=1S/C14H20N4O5/c1-9-3-4-10(18(22)23)7-11(9)17-13(19)8-12(14(20)21)16-6-2-5-15/h3-4,7,12,16H,2,5-6,8,15H2,1H3,(H,17,19)(H,20,21)/t12-/m0/s1. The summed E-state index contributed by atoms with van der Waals surface area (Å²) in [6.45, 7) is 2.49. The van der Waals surface area contributed by atoms with Gasteiger partial charge in [0.25, 0.3) is 5.69 Å². The molecule has 0 unspecified atom stereocenters. The summed E-state index contributed by atoms with van der Waals surface area (Å²) in [5.41, 5.74) is 6.11. The summed E-state index contributed by atoms with van der Waals surface area (Å²) in [6, 6.07) is 3.05. The van der Waals surface area contributed by atoms with Gasteiger partial charge in [0.15, 0.2) is 0 Å². The average molecular weight is 324 g/mol. The molecular weight excluding hydrogens is 304 g/mol. The second-order valence-corrected chi connectivity index (χ2v) is 5.00. The van der Waals surface area contributed by atoms with Gasteiger partial charge in [0.2, 0.25) is 5.91 Å². The molecule has 9 heteroatoms. The van der Waals surface area contributed by atoms with Crippen LogP contribution in [0, 0.1) is 17.0 Å². The molecule has 0 bridgehead atoms. The zero-order valence-corrected chi connectivity index (χ0v) is 12.7. The summed E-state index contributed by atoms with van der Waals surface area (Å²) in [6.07, 6.45) is 0.303. The molecule has 0 aliphatic heterocycles. The molecule has 0 fully saturated rings. The molecule has 0 saturated carbocycles. The van der Waals surface area contributed by atoms with Crippen molar-refractivity contribution in [1.29, 1.82) is 0 Å². The Kier molecular flexibility index (Phi) is 7.10. The van der Waals surface area contributed by atoms with Crippen LogP contribution in [0.2, 0.25) is 0 Å². The van der Waals surface area contributed by atoms with E-state index < -0.39 is 22.8 Å². The third-order valence-corrected chi connectivity index (χ3v) is 3.17. The Morgan fingerprint density at radius 3 is 2.70 bits per heavy atom. The number of carboxylic acids is 1. The highest BCUT2D eigenvalue weighted by Gasteiger charge is 2.21. The molecule has 5 N–H and O–H groups in total. The number of nitrogens with one attached hydrogen (secondary N) is 2. The minimum Gasteiger partial charge on any atom is -0.480 e. The van der Waals surface area contributed by atoms with Crippen molar-refractivity contribution in [3.8, 4) is 0 Å². The largest absolute Gasteiger partial charge is 0.480 e. The molecule has 0 radical (unpaired) electrons. The number of nitro groups is 1. The van der Waals surface area contributed by atoms with E-state index in [0.29, 0.717) is 25.1 Å². The zero-order valence-electron chi connectivity index (χ0n) is 12.7. The maximum absolute atomic E-state index is 12.0. The molecule has 0 aromatic heterocycles. The quantitative estimate of drug-likeness (QED) is 0.296. The monoisotopic (exact) mass is 324 g/mol. The van der Waals surface area contributed by atoms with Crippen LogP contribution < -0.4 is 16.4 Å². The first-order valence-electron chi connectivity index (χ1n) is 7.06. The van der Waals surface area contributed by atoms with Crippen LogP contribution in [0.15, 0.2) is 18.2 Å². The van der Waals surface area contributed by atoms with Crippen LogP contribution in [-0.2, 0) is 9.59 Å². The van der Waals surface area contributed by atoms with Crippen LogP contribution >= 0.6 is 0 Å². The van der Waals surface area contributed by atoms with Gasteiger partial charge in [0.05, 0.1) is 17.0 Å². The molecule has 1 atom stereocenters. The zero-order chi connectivity index (χ0) is 17.4. The first-order chi connectivity index (χ1) is 10.8. The van der Waals surface area contributed by atoms with Gasteiger partial charge in [0, 0.05) is 12.1 Å². The number of aryl methyl sites for hydroxylation is 1. The van der Waals surface area contributed by atoms with Crippen molar-refractivity contribution in [2.75, 3.05) is 18.4 Å². The Labute approximate surface area is 133 Å². The van der Waals surface area contributed by atoms with Crippen molar-refractivity contribution in [3.63, 3.8) is 0 Å². The second-order valence-electron chi connectivity index (χ2n) is 5.00. The molecule has 1 rings (SSSR count). The van der Waals surface area contributed by atoms with Crippen molar-refractivity contribution in [1.82, 2.24) is 5.32 Å². The van der Waals surface area contributed by atoms with Gasteiger partial charge in [-0.15, -0.1) is 0 Å². The lowest BCUT2D eigenvalue weighted by atomic mass is 10.1. The molecule has 0 aliphatic rings. The van der Waals surface area contributed by atoms with Crippen LogP contribution in [0.4, 0.5) is 11.4 Å². The van der Waals surface area contributed by atoms with E-state index in [2.05, 4.69) is 10.6 Å². The number of amides is 1. The van der Waals surface area contributed by atoms with Crippen molar-refractivity contribution in [2.45, 2.75) is 25.8 Å². The predicted molar refractivity (Wildman–Crippen MR) is 84.2 cm³/mol. The van der Waals surface area contributed by atoms with E-state index in [-0.39, 0.29) is 17.8 Å². The smallest absolute Gasteiger partial charge is 0.321 e. The Hall–Kier alpha value is -2.52. The molecule has 1 amide bonds. The van der Waals surface area contributed by atoms with Gasteiger partial charge in [-0.1, -0.05) is 6.07 Å². The number of nitrogens with zero attached hydrogens (tertiary/aromatic N) is 1. The maximum Gasteiger partial charge on any atom is 0.321 e. The van der Waals surface area contributed by atoms with E-state index in [1.54, 1.807) is 6.92 Å². The molecule has 23 heavy (non-hydrogen) atoms. The molecule has 9 nitrogen and oxygen atoms in total. The summed E-state index contributed by atoms with van der Waals surface area (Å²) in [5.74, 6) is -1.69. The van der Waals surface area contributed by atoms with Gasteiger partial charge in [-0.05, 0) is 32.0 Å². The third kappa shape index (κ3) is 6.01. The molecule has 1 aromatic rings. The van der Waals surface area contributed by atoms with Gasteiger partial charge in [-0.25, -0.2) is 0 Å². The first-order valence-corrected chi connectivity index (χ1v) is 7.06. The number of carboxylic acid groups (broad SMARTS) is 1. The van der Waals surface area contributed by atoms with E-state index >= 15 is 0 Å². The Morgan fingerprint density at radius 1 is 1.43 bits per heavy atom. The number of hydrogen-bond acceptors (Lipinski definition) is 6. The van der Waals surface area contributed by atoms with Crippen LogP contribution in [0.25, 0.3) is 0 Å². The Balaban J connectivity index is 2.72. The maximum atomic E-state index is 12.0. The van der Waals surface area contributed by atoms with Crippen molar-refractivity contribution in [3.05, 3.63) is 33.9 Å². The van der Waals surface area contributed by atoms with Crippen molar-refractivity contribution >= 4 is 23.3 Å². The van der Waals surface area contributed by atoms with Crippen LogP contribution in [-0.4, -0.2) is 41.0 Å². The molecule has 0 saturated heterocycles. The van der Waals surface area contributed by atoms with E-state index in [9.17, 15) is 19.7 Å². The van der Waals surface area contributed by atoms with Gasteiger partial charge in [-0.3, -0.25) is 19.7 Å². The van der Waals surface area contributed by atoms with Gasteiger partial charge < -0.3 is 21.5 Å². The Bertz CT molecular complexity index is 591. The van der Waals surface area contributed by atoms with Crippen molar-refractivity contribution < 1.29 is 19.6 Å². The van der Waals surface area contributed by atoms with E-state index in [4.69, 9.17) is 10.8 Å². The minimum atomic E-state index is -1.15. The fraction of sp³-hybridized carbons (Fsp3) is 0.429. The number of carbonyl (C=O) groups excluding carboxylic acids is 1. The number of benzene rings is 1. The summed E-state index contributed by atoms with van der Waals surface area (Å²) in [4.78, 5) is 33.3. The molecule has 0 spiro atoms. The van der Waals surface area contributed by atoms with Gasteiger partial charge in [-0.2, -0.15) is 0 Å². The molecule has 0 heterocycles. The highest BCUT2D eigenvalue weighted by atomic mass is 16.6. The van der Waals surface area contributed by atoms with E-state index in [1.807, 2.05) is 0 Å². The summed E-state index contributed by atoms with van der Waals surface area (Å²) >= 11 is 0. The van der Waals surface area contributed by atoms with E-state index in [1.165, 1.54) is 18.2 Å². The average Bonchev–Trinajstić information content (AvgIpc) is 2.48. The lowest BCUT2D eigenvalue weighted by Gasteiger charge is -2.14. The lowest BCUT2D eigenvalue weighted by molar-refractivity contribution is -0.384. The number of non-ortho nitro benzene ring substituents is 1. The van der Waals surface area contributed by atoms with Crippen LogP contribution in [0.5, 0.6) is 0 Å². The molecular formula is C14H20N4O5. The number of carbonyl (C=O) groups is 2. The molecule has 0 aliphatic carbocycles. The minimum absolute atomic E-state index is 0.151. The fourth-order valence-corrected chi connectivity index (χ4v) is 1.87. The van der Waals surface area contributed by atoms with Gasteiger partial charge in [0.1, 0.15) is 6.04 Å².